The van der Waals surface area contributed by atoms with Gasteiger partial charge in [-0.3, -0.25) is 0 Å². The van der Waals surface area contributed by atoms with Crippen LogP contribution in [-0.4, -0.2) is 35.7 Å². The van der Waals surface area contributed by atoms with Gasteiger partial charge in [0, 0.05) is 0 Å². The first-order valence-electron chi connectivity index (χ1n) is 11.4. The second-order valence-corrected chi connectivity index (χ2v) is 9.28. The molecule has 1 saturated carbocycles. The Kier molecular flexibility index (Phi) is 9.51. The topological polar surface area (TPSA) is 0 Å². The maximum atomic E-state index is 15.4. The first kappa shape index (κ1) is 33.2. The fraction of sp³-hybridized carbons (Fsp3) is 0.250. The van der Waals surface area contributed by atoms with Gasteiger partial charge in [-0.25, -0.2) is 65.9 Å². The summed E-state index contributed by atoms with van der Waals surface area (Å²) < 4.78 is 221. The Morgan fingerprint density at radius 3 is 0.732 bits per heavy atom. The van der Waals surface area contributed by atoms with Crippen molar-refractivity contribution in [2.24, 2.45) is 0 Å². The van der Waals surface area contributed by atoms with Gasteiger partial charge in [0.2, 0.25) is 0 Å². The van der Waals surface area contributed by atoms with E-state index in [1.165, 1.54) is 0 Å². The van der Waals surface area contributed by atoms with Crippen molar-refractivity contribution >= 4 is 52.1 Å². The monoisotopic (exact) mass is 619 g/mol. The van der Waals surface area contributed by atoms with E-state index in [9.17, 15) is 39.5 Å². The molecule has 0 radical (unpaired) electrons. The fourth-order valence-electron chi connectivity index (χ4n) is 5.84. The van der Waals surface area contributed by atoms with Gasteiger partial charge in [0.05, 0.1) is 0 Å². The van der Waals surface area contributed by atoms with Crippen LogP contribution in [0.1, 0.15) is 32.1 Å². The summed E-state index contributed by atoms with van der Waals surface area (Å²) in [6, 6.07) is 0. The summed E-state index contributed by atoms with van der Waals surface area (Å²) in [6.45, 7) is 0. The summed E-state index contributed by atoms with van der Waals surface area (Å²) in [7, 11) is 0. The maximum absolute atomic E-state index is 15.4. The number of halogens is 15. The molecule has 3 aromatic carbocycles. The van der Waals surface area contributed by atoms with Gasteiger partial charge < -0.3 is 0 Å². The molecule has 17 heteroatoms. The molecule has 1 aliphatic carbocycles. The van der Waals surface area contributed by atoms with E-state index in [1.54, 1.807) is 0 Å². The molecular formula is C24H12BF15Na-. The third kappa shape index (κ3) is 4.64. The van der Waals surface area contributed by atoms with Crippen molar-refractivity contribution in [3.05, 3.63) is 87.3 Å². The van der Waals surface area contributed by atoms with Crippen LogP contribution in [-0.2, 0) is 0 Å². The second-order valence-electron chi connectivity index (χ2n) is 9.28. The molecule has 0 heterocycles. The molecule has 1 aliphatic rings. The van der Waals surface area contributed by atoms with Crippen molar-refractivity contribution in [1.82, 2.24) is 0 Å². The van der Waals surface area contributed by atoms with Crippen molar-refractivity contribution in [1.29, 1.82) is 0 Å². The van der Waals surface area contributed by atoms with E-state index in [0.29, 0.717) is 0 Å². The zero-order valence-electron chi connectivity index (χ0n) is 19.4. The van der Waals surface area contributed by atoms with Crippen LogP contribution < -0.4 is 16.4 Å². The quantitative estimate of drug-likeness (QED) is 0.147. The van der Waals surface area contributed by atoms with Gasteiger partial charge in [0.15, 0.2) is 52.4 Å². The minimum atomic E-state index is -5.44. The molecule has 0 amide bonds. The van der Waals surface area contributed by atoms with E-state index in [0.717, 1.165) is 0 Å². The van der Waals surface area contributed by atoms with Crippen LogP contribution in [0.3, 0.4) is 0 Å². The number of benzene rings is 3. The van der Waals surface area contributed by atoms with Gasteiger partial charge in [-0.1, -0.05) is 32.1 Å². The van der Waals surface area contributed by atoms with Crippen molar-refractivity contribution < 1.29 is 65.9 Å². The first-order chi connectivity index (χ1) is 18.6. The van der Waals surface area contributed by atoms with Crippen molar-refractivity contribution in [3.8, 4) is 0 Å². The van der Waals surface area contributed by atoms with E-state index in [1.807, 2.05) is 0 Å². The summed E-state index contributed by atoms with van der Waals surface area (Å²) in [6.07, 6.45) is -6.99. The molecule has 0 bridgehead atoms. The molecule has 0 atom stereocenters. The minimum absolute atomic E-state index is 0. The third-order valence-corrected chi connectivity index (χ3v) is 7.45. The van der Waals surface area contributed by atoms with Crippen LogP contribution in [0.25, 0.3) is 0 Å². The number of hydrogen-bond donors (Lipinski definition) is 0. The Labute approximate surface area is 242 Å². The molecule has 0 spiro atoms. The summed E-state index contributed by atoms with van der Waals surface area (Å²) in [4.78, 5) is 0. The average molecular weight is 619 g/mol. The Morgan fingerprint density at radius 1 is 0.317 bits per heavy atom. The number of hydrogen-bond acceptors (Lipinski definition) is 0. The van der Waals surface area contributed by atoms with Crippen LogP contribution in [0.2, 0.25) is 5.82 Å². The Balaban J connectivity index is 0.00000462. The molecule has 0 aliphatic heterocycles. The molecule has 0 unspecified atom stereocenters. The molecule has 1 fully saturated rings. The SMILES string of the molecule is Fc1c(F)c(F)c([B-](c2c(F)c(F)c(F)c(F)c2F)(c2c(F)c(F)c(F)c(F)c2F)C2CCCCC2)c(F)c1F.[NaH]. The first-order valence-corrected chi connectivity index (χ1v) is 11.4. The van der Waals surface area contributed by atoms with Gasteiger partial charge in [-0.05, 0) is 0 Å². The second kappa shape index (κ2) is 11.7. The van der Waals surface area contributed by atoms with Crippen molar-refractivity contribution in [2.75, 3.05) is 0 Å². The zero-order chi connectivity index (χ0) is 30.0. The van der Waals surface area contributed by atoms with Crippen molar-refractivity contribution in [3.63, 3.8) is 0 Å². The summed E-state index contributed by atoms with van der Waals surface area (Å²) in [5, 5.41) is 0. The molecular weight excluding hydrogens is 607 g/mol. The van der Waals surface area contributed by atoms with Gasteiger partial charge in [-0.15, -0.1) is 16.4 Å². The standard InChI is InChI=1S/C24H11BF15.Na.H/c26-10-7(11(27)17(33)22(38)16(10)32)25(6-4-2-1-3-5-6,8-12(28)18(34)23(39)19(35)13(8)29)9-14(30)20(36)24(40)21(37)15(9)31;;/h6H,1-5H2;;/q-1;;. The molecule has 4 rings (SSSR count). The van der Waals surface area contributed by atoms with E-state index >= 15 is 26.3 Å². The third-order valence-electron chi connectivity index (χ3n) is 7.45. The molecule has 41 heavy (non-hydrogen) atoms. The fourth-order valence-corrected chi connectivity index (χ4v) is 5.84. The van der Waals surface area contributed by atoms with Crippen LogP contribution in [0.5, 0.6) is 0 Å². The van der Waals surface area contributed by atoms with Gasteiger partial charge in [-0.2, -0.15) is 5.82 Å². The normalized spacial score (nSPS) is 14.4. The van der Waals surface area contributed by atoms with Gasteiger partial charge in [0.25, 0.3) is 0 Å². The molecule has 218 valence electrons. The Morgan fingerprint density at radius 2 is 0.512 bits per heavy atom. The summed E-state index contributed by atoms with van der Waals surface area (Å²) >= 11 is 0. The average Bonchev–Trinajstić information content (AvgIpc) is 2.95. The molecule has 0 aromatic heterocycles. The zero-order valence-corrected chi connectivity index (χ0v) is 19.4. The summed E-state index contributed by atoms with van der Waals surface area (Å²) in [5.41, 5.74) is -7.56. The van der Waals surface area contributed by atoms with E-state index in [2.05, 4.69) is 0 Å². The van der Waals surface area contributed by atoms with Crippen LogP contribution in [0.4, 0.5) is 65.9 Å². The molecule has 0 saturated heterocycles. The van der Waals surface area contributed by atoms with Gasteiger partial charge in [0.1, 0.15) is 41.0 Å². The molecule has 0 nitrogen and oxygen atoms in total. The van der Waals surface area contributed by atoms with Gasteiger partial charge >= 0.3 is 29.6 Å². The molecule has 3 aromatic rings. The van der Waals surface area contributed by atoms with Crippen LogP contribution in [0.15, 0.2) is 0 Å². The molecule has 0 N–H and O–H groups in total. The van der Waals surface area contributed by atoms with Crippen LogP contribution in [0, 0.1) is 87.3 Å². The van der Waals surface area contributed by atoms with E-state index in [4.69, 9.17) is 0 Å². The number of rotatable bonds is 4. The van der Waals surface area contributed by atoms with E-state index in [-0.39, 0.29) is 48.8 Å². The predicted molar refractivity (Wildman–Crippen MR) is 117 cm³/mol. The van der Waals surface area contributed by atoms with E-state index < -0.39 is 128 Å². The predicted octanol–water partition coefficient (Wildman–Crippen LogP) is 5.93. The Bertz CT molecular complexity index is 1300. The summed E-state index contributed by atoms with van der Waals surface area (Å²) in [5.74, 6) is -46.5. The van der Waals surface area contributed by atoms with Crippen molar-refractivity contribution in [2.45, 2.75) is 37.9 Å². The Hall–Kier alpha value is -2.33. The van der Waals surface area contributed by atoms with Crippen LogP contribution >= 0.6 is 0 Å².